The first-order valence-electron chi connectivity index (χ1n) is 9.29. The third-order valence-electron chi connectivity index (χ3n) is 4.82. The van der Waals surface area contributed by atoms with Crippen LogP contribution in [-0.4, -0.2) is 39.4 Å². The molecule has 1 aromatic carbocycles. The highest BCUT2D eigenvalue weighted by molar-refractivity contribution is 6.03. The zero-order chi connectivity index (χ0) is 19.4. The summed E-state index contributed by atoms with van der Waals surface area (Å²) in [6, 6.07) is 8.77. The van der Waals surface area contributed by atoms with E-state index in [-0.39, 0.29) is 17.6 Å². The molecule has 0 bridgehead atoms. The van der Waals surface area contributed by atoms with Crippen LogP contribution in [0, 0.1) is 11.3 Å². The van der Waals surface area contributed by atoms with Crippen molar-refractivity contribution in [1.29, 1.82) is 5.26 Å². The minimum absolute atomic E-state index is 0.129. The van der Waals surface area contributed by atoms with Gasteiger partial charge >= 0.3 is 0 Å². The van der Waals surface area contributed by atoms with Crippen molar-refractivity contribution in [3.63, 3.8) is 0 Å². The van der Waals surface area contributed by atoms with Crippen molar-refractivity contribution in [3.8, 4) is 6.07 Å². The number of anilines is 1. The fourth-order valence-electron chi connectivity index (χ4n) is 3.40. The summed E-state index contributed by atoms with van der Waals surface area (Å²) in [6.45, 7) is 5.74. The van der Waals surface area contributed by atoms with Crippen LogP contribution in [0.25, 0.3) is 0 Å². The highest BCUT2D eigenvalue weighted by atomic mass is 16.2. The second-order valence-corrected chi connectivity index (χ2v) is 6.46. The lowest BCUT2D eigenvalue weighted by Gasteiger charge is -2.20. The molecular weight excluding hydrogens is 342 g/mol. The van der Waals surface area contributed by atoms with E-state index in [1.807, 2.05) is 18.4 Å². The normalized spacial score (nSPS) is 12.8. The van der Waals surface area contributed by atoms with Crippen molar-refractivity contribution in [1.82, 2.24) is 14.5 Å². The average molecular weight is 365 g/mol. The Hall–Kier alpha value is -3.14. The maximum atomic E-state index is 12.8. The summed E-state index contributed by atoms with van der Waals surface area (Å²) in [6.07, 6.45) is 2.68. The van der Waals surface area contributed by atoms with Crippen molar-refractivity contribution in [2.45, 2.75) is 39.7 Å². The molecule has 0 saturated carbocycles. The Kier molecular flexibility index (Phi) is 5.55. The number of fused-ring (bicyclic) bond motifs is 1. The molecule has 0 aliphatic carbocycles. The van der Waals surface area contributed by atoms with Gasteiger partial charge in [-0.25, -0.2) is 4.98 Å². The molecule has 0 unspecified atom stereocenters. The average Bonchev–Trinajstić information content (AvgIpc) is 3.09. The van der Waals surface area contributed by atoms with Crippen LogP contribution in [-0.2, 0) is 13.0 Å². The Labute approximate surface area is 158 Å². The Morgan fingerprint density at radius 1 is 1.30 bits per heavy atom. The highest BCUT2D eigenvalue weighted by Crippen LogP contribution is 2.23. The van der Waals surface area contributed by atoms with Gasteiger partial charge in [0.2, 0.25) is 0 Å². The monoisotopic (exact) mass is 365 g/mol. The first-order chi connectivity index (χ1) is 13.1. The van der Waals surface area contributed by atoms with Gasteiger partial charge in [-0.2, -0.15) is 5.26 Å². The minimum atomic E-state index is -0.369. The third-order valence-corrected chi connectivity index (χ3v) is 4.82. The number of nitrogens with zero attached hydrogens (tertiary/aromatic N) is 4. The molecule has 27 heavy (non-hydrogen) atoms. The smallest absolute Gasteiger partial charge is 0.291 e. The molecule has 1 aliphatic heterocycles. The van der Waals surface area contributed by atoms with Crippen molar-refractivity contribution in [2.75, 3.05) is 18.4 Å². The van der Waals surface area contributed by atoms with Crippen molar-refractivity contribution in [3.05, 3.63) is 47.0 Å². The number of nitrogens with one attached hydrogen (secondary N) is 1. The number of carbonyl (C=O) groups excluding carboxylic acids is 2. The summed E-state index contributed by atoms with van der Waals surface area (Å²) < 4.78 is 1.86. The second kappa shape index (κ2) is 8.04. The summed E-state index contributed by atoms with van der Waals surface area (Å²) in [5.74, 6) is -0.245. The summed E-state index contributed by atoms with van der Waals surface area (Å²) in [7, 11) is 0. The van der Waals surface area contributed by atoms with Gasteiger partial charge in [-0.1, -0.05) is 6.07 Å². The molecule has 3 rings (SSSR count). The molecule has 0 radical (unpaired) electrons. The first-order valence-corrected chi connectivity index (χ1v) is 9.29. The van der Waals surface area contributed by atoms with Gasteiger partial charge in [0.25, 0.3) is 11.8 Å². The topological polar surface area (TPSA) is 91.0 Å². The SMILES string of the molecule is CCN(CC)C(=O)c1nc(C(=O)Nc2cccc(C#N)c2)n2c1CCCC2. The lowest BCUT2D eigenvalue weighted by Crippen LogP contribution is -2.31. The zero-order valence-corrected chi connectivity index (χ0v) is 15.7. The van der Waals surface area contributed by atoms with Crippen LogP contribution in [0.4, 0.5) is 5.69 Å². The number of nitriles is 1. The lowest BCUT2D eigenvalue weighted by atomic mass is 10.1. The molecule has 0 atom stereocenters. The lowest BCUT2D eigenvalue weighted by molar-refractivity contribution is 0.0766. The third kappa shape index (κ3) is 3.70. The molecule has 2 amide bonds. The van der Waals surface area contributed by atoms with Gasteiger partial charge in [0.1, 0.15) is 5.69 Å². The van der Waals surface area contributed by atoms with E-state index in [4.69, 9.17) is 5.26 Å². The van der Waals surface area contributed by atoms with Gasteiger partial charge in [-0.05, 0) is 51.3 Å². The Balaban J connectivity index is 1.94. The van der Waals surface area contributed by atoms with Gasteiger partial charge in [0, 0.05) is 25.3 Å². The van der Waals surface area contributed by atoms with Crippen LogP contribution < -0.4 is 5.32 Å². The van der Waals surface area contributed by atoms with Gasteiger partial charge < -0.3 is 14.8 Å². The molecule has 7 nitrogen and oxygen atoms in total. The zero-order valence-electron chi connectivity index (χ0n) is 15.7. The maximum Gasteiger partial charge on any atom is 0.291 e. The summed E-state index contributed by atoms with van der Waals surface area (Å²) in [5.41, 5.74) is 2.22. The van der Waals surface area contributed by atoms with Crippen molar-refractivity contribution in [2.24, 2.45) is 0 Å². The predicted molar refractivity (Wildman–Crippen MR) is 102 cm³/mol. The Morgan fingerprint density at radius 3 is 2.78 bits per heavy atom. The van der Waals surface area contributed by atoms with E-state index in [0.717, 1.165) is 25.0 Å². The summed E-state index contributed by atoms with van der Waals surface area (Å²) in [5, 5.41) is 11.8. The van der Waals surface area contributed by atoms with E-state index < -0.39 is 0 Å². The molecule has 1 N–H and O–H groups in total. The van der Waals surface area contributed by atoms with E-state index in [2.05, 4.69) is 16.4 Å². The van der Waals surface area contributed by atoms with Crippen LogP contribution in [0.3, 0.4) is 0 Å². The van der Waals surface area contributed by atoms with Gasteiger partial charge in [0.05, 0.1) is 17.3 Å². The van der Waals surface area contributed by atoms with E-state index >= 15 is 0 Å². The number of amides is 2. The van der Waals surface area contributed by atoms with Gasteiger partial charge in [0.15, 0.2) is 5.82 Å². The van der Waals surface area contributed by atoms with Crippen LogP contribution in [0.1, 0.15) is 59.1 Å². The quantitative estimate of drug-likeness (QED) is 0.882. The maximum absolute atomic E-state index is 12.8. The predicted octanol–water partition coefficient (Wildman–Crippen LogP) is 2.83. The molecule has 2 aromatic rings. The molecule has 140 valence electrons. The fraction of sp³-hybridized carbons (Fsp3) is 0.400. The molecule has 1 aliphatic rings. The van der Waals surface area contributed by atoms with Gasteiger partial charge in [-0.3, -0.25) is 9.59 Å². The van der Waals surface area contributed by atoms with Crippen molar-refractivity contribution < 1.29 is 9.59 Å². The second-order valence-electron chi connectivity index (χ2n) is 6.46. The van der Waals surface area contributed by atoms with Crippen LogP contribution in [0.5, 0.6) is 0 Å². The molecular formula is C20H23N5O2. The van der Waals surface area contributed by atoms with Crippen LogP contribution in [0.2, 0.25) is 0 Å². The summed E-state index contributed by atoms with van der Waals surface area (Å²) in [4.78, 5) is 31.8. The molecule has 7 heteroatoms. The fourth-order valence-corrected chi connectivity index (χ4v) is 3.40. The number of carbonyl (C=O) groups is 2. The molecule has 1 aromatic heterocycles. The number of hydrogen-bond acceptors (Lipinski definition) is 4. The Bertz CT molecular complexity index is 906. The largest absolute Gasteiger partial charge is 0.338 e. The van der Waals surface area contributed by atoms with Crippen LogP contribution >= 0.6 is 0 Å². The minimum Gasteiger partial charge on any atom is -0.338 e. The van der Waals surface area contributed by atoms with Crippen LogP contribution in [0.15, 0.2) is 24.3 Å². The van der Waals surface area contributed by atoms with Crippen molar-refractivity contribution >= 4 is 17.5 Å². The Morgan fingerprint density at radius 2 is 2.07 bits per heavy atom. The number of imidazole rings is 1. The van der Waals surface area contributed by atoms with E-state index in [9.17, 15) is 9.59 Å². The van der Waals surface area contributed by atoms with E-state index in [1.165, 1.54) is 0 Å². The number of hydrogen-bond donors (Lipinski definition) is 1. The number of benzene rings is 1. The molecule has 0 spiro atoms. The molecule has 0 saturated heterocycles. The highest BCUT2D eigenvalue weighted by Gasteiger charge is 2.29. The summed E-state index contributed by atoms with van der Waals surface area (Å²) >= 11 is 0. The molecule has 2 heterocycles. The standard InChI is InChI=1S/C20H23N5O2/c1-3-24(4-2)20(27)17-16-10-5-6-11-25(16)18(23-17)19(26)22-15-9-7-8-14(12-15)13-21/h7-9,12H,3-6,10-11H2,1-2H3,(H,22,26). The van der Waals surface area contributed by atoms with E-state index in [1.54, 1.807) is 29.2 Å². The number of rotatable bonds is 5. The molecule has 0 fully saturated rings. The van der Waals surface area contributed by atoms with Gasteiger partial charge in [-0.15, -0.1) is 0 Å². The number of aromatic nitrogens is 2. The van der Waals surface area contributed by atoms with E-state index in [0.29, 0.717) is 36.6 Å². The first kappa shape index (κ1) is 18.6.